The van der Waals surface area contributed by atoms with Crippen molar-refractivity contribution >= 4 is 5.78 Å². The largest absolute Gasteiger partial charge is 0.490 e. The summed E-state index contributed by atoms with van der Waals surface area (Å²) in [7, 11) is 1.63. The van der Waals surface area contributed by atoms with Gasteiger partial charge in [0.1, 0.15) is 5.60 Å². The zero-order valence-corrected chi connectivity index (χ0v) is 13.1. The molecule has 0 aliphatic heterocycles. The van der Waals surface area contributed by atoms with Gasteiger partial charge in [-0.3, -0.25) is 4.79 Å². The third kappa shape index (κ3) is 3.21. The highest BCUT2D eigenvalue weighted by Gasteiger charge is 2.41. The highest BCUT2D eigenvalue weighted by atomic mass is 16.5. The van der Waals surface area contributed by atoms with Gasteiger partial charge in [-0.1, -0.05) is 0 Å². The summed E-state index contributed by atoms with van der Waals surface area (Å²) in [5.41, 5.74) is -0.0259. The van der Waals surface area contributed by atoms with E-state index in [1.165, 1.54) is 0 Å². The van der Waals surface area contributed by atoms with E-state index in [0.717, 1.165) is 25.7 Å². The van der Waals surface area contributed by atoms with E-state index >= 15 is 0 Å². The van der Waals surface area contributed by atoms with Gasteiger partial charge in [0.25, 0.3) is 0 Å². The first-order valence-corrected chi connectivity index (χ1v) is 7.66. The number of Topliss-reactive ketones (excluding diaryl/α,β-unsaturated/α-hetero) is 1. The SMILES string of the molecule is CCOc1ccc(C(=O)C2(OC)CCCC2)cc1OCC. The van der Waals surface area contributed by atoms with Crippen LogP contribution in [0.15, 0.2) is 18.2 Å². The molecule has 21 heavy (non-hydrogen) atoms. The predicted octanol–water partition coefficient (Wildman–Crippen LogP) is 3.63. The molecule has 116 valence electrons. The summed E-state index contributed by atoms with van der Waals surface area (Å²) in [5.74, 6) is 1.34. The van der Waals surface area contributed by atoms with Crippen molar-refractivity contribution in [3.8, 4) is 11.5 Å². The molecule has 0 spiro atoms. The Kier molecular flexibility index (Phi) is 5.23. The molecular weight excluding hydrogens is 268 g/mol. The summed E-state index contributed by atoms with van der Waals surface area (Å²) in [6, 6.07) is 5.38. The van der Waals surface area contributed by atoms with Gasteiger partial charge in [-0.15, -0.1) is 0 Å². The third-order valence-electron chi connectivity index (χ3n) is 4.02. The number of hydrogen-bond acceptors (Lipinski definition) is 4. The van der Waals surface area contributed by atoms with Crippen molar-refractivity contribution in [2.75, 3.05) is 20.3 Å². The minimum Gasteiger partial charge on any atom is -0.490 e. The van der Waals surface area contributed by atoms with Gasteiger partial charge in [0.2, 0.25) is 0 Å². The Morgan fingerprint density at radius 1 is 1.10 bits per heavy atom. The molecule has 0 N–H and O–H groups in total. The van der Waals surface area contributed by atoms with Crippen molar-refractivity contribution in [2.24, 2.45) is 0 Å². The molecule has 4 heteroatoms. The number of carbonyl (C=O) groups excluding carboxylic acids is 1. The Hall–Kier alpha value is -1.55. The molecule has 0 aromatic heterocycles. The van der Waals surface area contributed by atoms with Crippen LogP contribution < -0.4 is 9.47 Å². The molecule has 1 aliphatic rings. The number of benzene rings is 1. The molecule has 0 bridgehead atoms. The summed E-state index contributed by atoms with van der Waals surface area (Å²) < 4.78 is 16.7. The molecule has 2 rings (SSSR count). The first-order valence-electron chi connectivity index (χ1n) is 7.66. The third-order valence-corrected chi connectivity index (χ3v) is 4.02. The molecule has 0 heterocycles. The van der Waals surface area contributed by atoms with E-state index < -0.39 is 5.60 Å². The summed E-state index contributed by atoms with van der Waals surface area (Å²) in [4.78, 5) is 12.8. The van der Waals surface area contributed by atoms with Gasteiger partial charge in [0, 0.05) is 12.7 Å². The van der Waals surface area contributed by atoms with E-state index in [0.29, 0.717) is 30.3 Å². The normalized spacial score (nSPS) is 16.7. The van der Waals surface area contributed by atoms with Crippen LogP contribution in [0.1, 0.15) is 49.9 Å². The Balaban J connectivity index is 2.30. The second-order valence-electron chi connectivity index (χ2n) is 5.26. The van der Waals surface area contributed by atoms with Crippen LogP contribution in [-0.2, 0) is 4.74 Å². The van der Waals surface area contributed by atoms with Crippen LogP contribution in [0.3, 0.4) is 0 Å². The topological polar surface area (TPSA) is 44.8 Å². The number of ether oxygens (including phenoxy) is 3. The van der Waals surface area contributed by atoms with Crippen molar-refractivity contribution in [1.29, 1.82) is 0 Å². The summed E-state index contributed by atoms with van der Waals surface area (Å²) in [5, 5.41) is 0. The number of rotatable bonds is 7. The zero-order valence-electron chi connectivity index (χ0n) is 13.1. The maximum absolute atomic E-state index is 12.8. The quantitative estimate of drug-likeness (QED) is 0.720. The van der Waals surface area contributed by atoms with Gasteiger partial charge in [-0.25, -0.2) is 0 Å². The molecular formula is C17H24O4. The molecule has 0 atom stereocenters. The lowest BCUT2D eigenvalue weighted by Gasteiger charge is -2.26. The van der Waals surface area contributed by atoms with Gasteiger partial charge < -0.3 is 14.2 Å². The Labute approximate surface area is 126 Å². The summed E-state index contributed by atoms with van der Waals surface area (Å²) in [6.07, 6.45) is 3.66. The van der Waals surface area contributed by atoms with Crippen molar-refractivity contribution in [1.82, 2.24) is 0 Å². The maximum atomic E-state index is 12.8. The Morgan fingerprint density at radius 3 is 2.29 bits per heavy atom. The van der Waals surface area contributed by atoms with Crippen LogP contribution in [-0.4, -0.2) is 31.7 Å². The molecule has 0 radical (unpaired) electrons. The first kappa shape index (κ1) is 15.8. The van der Waals surface area contributed by atoms with Gasteiger partial charge in [-0.05, 0) is 57.7 Å². The number of carbonyl (C=O) groups is 1. The van der Waals surface area contributed by atoms with E-state index in [1.54, 1.807) is 25.3 Å². The van der Waals surface area contributed by atoms with E-state index in [9.17, 15) is 4.79 Å². The first-order chi connectivity index (χ1) is 10.2. The van der Waals surface area contributed by atoms with Crippen LogP contribution in [0.25, 0.3) is 0 Å². The molecule has 1 fully saturated rings. The minimum atomic E-state index is -0.656. The molecule has 1 aliphatic carbocycles. The Bertz CT molecular complexity index is 490. The van der Waals surface area contributed by atoms with Gasteiger partial charge in [-0.2, -0.15) is 0 Å². The maximum Gasteiger partial charge on any atom is 0.194 e. The molecule has 1 saturated carbocycles. The molecule has 0 saturated heterocycles. The van der Waals surface area contributed by atoms with Crippen molar-refractivity contribution < 1.29 is 19.0 Å². The lowest BCUT2D eigenvalue weighted by atomic mass is 9.91. The second-order valence-corrected chi connectivity index (χ2v) is 5.26. The number of hydrogen-bond donors (Lipinski definition) is 0. The fraction of sp³-hybridized carbons (Fsp3) is 0.588. The van der Waals surface area contributed by atoms with Crippen LogP contribution in [0.5, 0.6) is 11.5 Å². The second kappa shape index (κ2) is 6.94. The standard InChI is InChI=1S/C17H24O4/c1-4-20-14-9-8-13(12-15(14)21-5-2)16(18)17(19-3)10-6-7-11-17/h8-9,12H,4-7,10-11H2,1-3H3. The van der Waals surface area contributed by atoms with Gasteiger partial charge >= 0.3 is 0 Å². The smallest absolute Gasteiger partial charge is 0.194 e. The van der Waals surface area contributed by atoms with Crippen LogP contribution >= 0.6 is 0 Å². The lowest BCUT2D eigenvalue weighted by molar-refractivity contribution is 0.00599. The van der Waals surface area contributed by atoms with E-state index in [-0.39, 0.29) is 5.78 Å². The highest BCUT2D eigenvalue weighted by molar-refractivity contribution is 6.03. The van der Waals surface area contributed by atoms with Crippen LogP contribution in [0.2, 0.25) is 0 Å². The number of methoxy groups -OCH3 is 1. The van der Waals surface area contributed by atoms with E-state index in [2.05, 4.69) is 0 Å². The van der Waals surface area contributed by atoms with Crippen LogP contribution in [0, 0.1) is 0 Å². The number of ketones is 1. The van der Waals surface area contributed by atoms with E-state index in [1.807, 2.05) is 13.8 Å². The average Bonchev–Trinajstić information content (AvgIpc) is 2.99. The summed E-state index contributed by atoms with van der Waals surface area (Å²) in [6.45, 7) is 4.94. The van der Waals surface area contributed by atoms with Gasteiger partial charge in [0.05, 0.1) is 13.2 Å². The summed E-state index contributed by atoms with van der Waals surface area (Å²) >= 11 is 0. The predicted molar refractivity (Wildman–Crippen MR) is 81.3 cm³/mol. The molecule has 0 amide bonds. The molecule has 4 nitrogen and oxygen atoms in total. The molecule has 1 aromatic carbocycles. The fourth-order valence-corrected chi connectivity index (χ4v) is 2.93. The highest BCUT2D eigenvalue weighted by Crippen LogP contribution is 2.37. The average molecular weight is 292 g/mol. The van der Waals surface area contributed by atoms with Crippen molar-refractivity contribution in [3.05, 3.63) is 23.8 Å². The fourth-order valence-electron chi connectivity index (χ4n) is 2.93. The molecule has 0 unspecified atom stereocenters. The van der Waals surface area contributed by atoms with Gasteiger partial charge in [0.15, 0.2) is 17.3 Å². The van der Waals surface area contributed by atoms with Crippen molar-refractivity contribution in [2.45, 2.75) is 45.1 Å². The zero-order chi connectivity index (χ0) is 15.3. The van der Waals surface area contributed by atoms with Crippen molar-refractivity contribution in [3.63, 3.8) is 0 Å². The minimum absolute atomic E-state index is 0.0477. The van der Waals surface area contributed by atoms with E-state index in [4.69, 9.17) is 14.2 Å². The lowest BCUT2D eigenvalue weighted by Crippen LogP contribution is -2.37. The monoisotopic (exact) mass is 292 g/mol. The molecule has 1 aromatic rings. The van der Waals surface area contributed by atoms with Crippen LogP contribution in [0.4, 0.5) is 0 Å². The Morgan fingerprint density at radius 2 is 1.71 bits per heavy atom.